The first-order chi connectivity index (χ1) is 20.7. The summed E-state index contributed by atoms with van der Waals surface area (Å²) in [7, 11) is 4.11. The number of fused-ring (bicyclic) bond motifs is 1. The molecule has 0 amide bonds. The average Bonchev–Trinajstić information content (AvgIpc) is 3.38. The van der Waals surface area contributed by atoms with Gasteiger partial charge in [0.1, 0.15) is 11.3 Å². The molecule has 1 saturated heterocycles. The van der Waals surface area contributed by atoms with Gasteiger partial charge in [0.05, 0.1) is 5.52 Å². The highest BCUT2D eigenvalue weighted by Crippen LogP contribution is 2.32. The Labute approximate surface area is 257 Å². The fraction of sp³-hybridized carbons (Fsp3) is 0.286. The molecule has 3 heterocycles. The van der Waals surface area contributed by atoms with Crippen LogP contribution in [0, 0.1) is 13.8 Å². The van der Waals surface area contributed by atoms with E-state index >= 15 is 0 Å². The van der Waals surface area contributed by atoms with Crippen molar-refractivity contribution in [2.24, 2.45) is 7.05 Å². The third kappa shape index (κ3) is 6.49. The molecule has 5 aromatic rings. The summed E-state index contributed by atoms with van der Waals surface area (Å²) < 4.78 is 8.35. The van der Waals surface area contributed by atoms with Gasteiger partial charge in [-0.1, -0.05) is 29.8 Å². The second-order valence-electron chi connectivity index (χ2n) is 11.5. The van der Waals surface area contributed by atoms with Crippen LogP contribution in [0.2, 0.25) is 5.02 Å². The van der Waals surface area contributed by atoms with Gasteiger partial charge >= 0.3 is 0 Å². The van der Waals surface area contributed by atoms with E-state index in [-0.39, 0.29) is 5.78 Å². The van der Waals surface area contributed by atoms with Gasteiger partial charge in [-0.05, 0) is 91.7 Å². The highest BCUT2D eigenvalue weighted by atomic mass is 35.5. The summed E-state index contributed by atoms with van der Waals surface area (Å²) >= 11 is 6.10. The molecule has 0 saturated carbocycles. The minimum Gasteiger partial charge on any atom is -0.437 e. The first kappa shape index (κ1) is 29.1. The van der Waals surface area contributed by atoms with Gasteiger partial charge < -0.3 is 14.2 Å². The standard InChI is InChI=1S/C35H36ClN5O2/c1-23-5-12-30(43-35-33-31(13-14-40(33)4)37-34(38-35)25-8-10-29(36)11-9-25)20-28(23)21-32(42)26-6-7-27(24(2)19-26)22-41-17-15-39(3)16-18-41/h5-14,19-20H,15-18,21-22H2,1-4H3. The maximum absolute atomic E-state index is 13.4. The summed E-state index contributed by atoms with van der Waals surface area (Å²) in [6, 6.07) is 21.4. The van der Waals surface area contributed by atoms with Crippen LogP contribution in [0.4, 0.5) is 0 Å². The molecule has 1 aliphatic heterocycles. The average molecular weight is 594 g/mol. The lowest BCUT2D eigenvalue weighted by Gasteiger charge is -2.32. The first-order valence-electron chi connectivity index (χ1n) is 14.6. The monoisotopic (exact) mass is 593 g/mol. The Hall–Kier alpha value is -4.04. The number of nitrogens with zero attached hydrogens (tertiary/aromatic N) is 5. The summed E-state index contributed by atoms with van der Waals surface area (Å²) in [4.78, 5) is 27.8. The number of ether oxygens (including phenoxy) is 1. The summed E-state index contributed by atoms with van der Waals surface area (Å²) in [6.07, 6.45) is 2.23. The van der Waals surface area contributed by atoms with E-state index in [1.165, 1.54) is 5.56 Å². The molecule has 0 atom stereocenters. The van der Waals surface area contributed by atoms with E-state index in [0.29, 0.717) is 28.9 Å². The van der Waals surface area contributed by atoms with Crippen molar-refractivity contribution in [1.82, 2.24) is 24.3 Å². The van der Waals surface area contributed by atoms with Crippen molar-refractivity contribution in [3.05, 3.63) is 106 Å². The molecular weight excluding hydrogens is 558 g/mol. The number of aryl methyl sites for hydroxylation is 3. The largest absolute Gasteiger partial charge is 0.437 e. The normalized spacial score (nSPS) is 14.3. The van der Waals surface area contributed by atoms with E-state index in [9.17, 15) is 4.79 Å². The Morgan fingerprint density at radius 2 is 1.63 bits per heavy atom. The maximum Gasteiger partial charge on any atom is 0.247 e. The number of halogens is 1. The van der Waals surface area contributed by atoms with Crippen molar-refractivity contribution in [2.75, 3.05) is 33.2 Å². The summed E-state index contributed by atoms with van der Waals surface area (Å²) in [6.45, 7) is 9.37. The van der Waals surface area contributed by atoms with E-state index in [4.69, 9.17) is 26.3 Å². The number of Topliss-reactive ketones (excluding diaryl/α,β-unsaturated/α-hetero) is 1. The van der Waals surface area contributed by atoms with Gasteiger partial charge in [-0.2, -0.15) is 4.98 Å². The minimum absolute atomic E-state index is 0.0892. The van der Waals surface area contributed by atoms with Crippen LogP contribution in [0.5, 0.6) is 11.6 Å². The Balaban J connectivity index is 1.22. The molecule has 1 aliphatic rings. The Bertz CT molecular complexity index is 1790. The third-order valence-electron chi connectivity index (χ3n) is 8.33. The first-order valence-corrected chi connectivity index (χ1v) is 15.0. The van der Waals surface area contributed by atoms with E-state index in [1.807, 2.05) is 85.4 Å². The molecular formula is C35H36ClN5O2. The van der Waals surface area contributed by atoms with Crippen LogP contribution >= 0.6 is 11.6 Å². The highest BCUT2D eigenvalue weighted by Gasteiger charge is 2.18. The zero-order valence-corrected chi connectivity index (χ0v) is 25.9. The third-order valence-corrected chi connectivity index (χ3v) is 8.58. The highest BCUT2D eigenvalue weighted by molar-refractivity contribution is 6.30. The molecule has 8 heteroatoms. The van der Waals surface area contributed by atoms with Crippen molar-refractivity contribution in [3.8, 4) is 23.0 Å². The zero-order valence-electron chi connectivity index (χ0n) is 25.1. The van der Waals surface area contributed by atoms with Gasteiger partial charge in [-0.3, -0.25) is 9.69 Å². The lowest BCUT2D eigenvalue weighted by atomic mass is 9.96. The van der Waals surface area contributed by atoms with E-state index in [1.54, 1.807) is 0 Å². The van der Waals surface area contributed by atoms with Crippen LogP contribution in [0.3, 0.4) is 0 Å². The van der Waals surface area contributed by atoms with Gasteiger partial charge in [-0.15, -0.1) is 0 Å². The SMILES string of the molecule is Cc1ccc(Oc2nc(-c3ccc(Cl)cc3)nc3ccn(C)c23)cc1CC(=O)c1ccc(CN2CCN(C)CC2)c(C)c1. The quantitative estimate of drug-likeness (QED) is 0.183. The number of piperazine rings is 1. The van der Waals surface area contributed by atoms with Gasteiger partial charge in [0.2, 0.25) is 5.88 Å². The van der Waals surface area contributed by atoms with Crippen LogP contribution in [0.25, 0.3) is 22.4 Å². The van der Waals surface area contributed by atoms with Gasteiger partial charge in [0, 0.05) is 68.5 Å². The van der Waals surface area contributed by atoms with Crippen LogP contribution in [-0.4, -0.2) is 63.3 Å². The van der Waals surface area contributed by atoms with Crippen LogP contribution in [0.15, 0.2) is 72.9 Å². The van der Waals surface area contributed by atoms with Crippen LogP contribution in [0.1, 0.15) is 32.6 Å². The van der Waals surface area contributed by atoms with Crippen molar-refractivity contribution < 1.29 is 9.53 Å². The molecule has 220 valence electrons. The number of ketones is 1. The van der Waals surface area contributed by atoms with Crippen molar-refractivity contribution in [2.45, 2.75) is 26.8 Å². The Morgan fingerprint density at radius 3 is 2.37 bits per heavy atom. The number of benzene rings is 3. The Morgan fingerprint density at radius 1 is 0.860 bits per heavy atom. The molecule has 43 heavy (non-hydrogen) atoms. The maximum atomic E-state index is 13.4. The fourth-order valence-corrected chi connectivity index (χ4v) is 5.66. The minimum atomic E-state index is 0.0892. The number of hydrogen-bond acceptors (Lipinski definition) is 6. The molecule has 0 radical (unpaired) electrons. The van der Waals surface area contributed by atoms with Crippen LogP contribution < -0.4 is 4.74 Å². The van der Waals surface area contributed by atoms with Gasteiger partial charge in [0.15, 0.2) is 11.6 Å². The van der Waals surface area contributed by atoms with Crippen molar-refractivity contribution >= 4 is 28.4 Å². The molecule has 0 aliphatic carbocycles. The van der Waals surface area contributed by atoms with Gasteiger partial charge in [0.25, 0.3) is 0 Å². The molecule has 6 rings (SSSR count). The fourth-order valence-electron chi connectivity index (χ4n) is 5.54. The number of carbonyl (C=O) groups is 1. The van der Waals surface area contributed by atoms with E-state index < -0.39 is 0 Å². The van der Waals surface area contributed by atoms with Crippen molar-refractivity contribution in [3.63, 3.8) is 0 Å². The van der Waals surface area contributed by atoms with E-state index in [0.717, 1.165) is 71.6 Å². The number of rotatable bonds is 8. The molecule has 1 fully saturated rings. The predicted octanol–water partition coefficient (Wildman–Crippen LogP) is 6.87. The van der Waals surface area contributed by atoms with E-state index in [2.05, 4.69) is 29.8 Å². The molecule has 0 N–H and O–H groups in total. The predicted molar refractivity (Wildman–Crippen MR) is 172 cm³/mol. The van der Waals surface area contributed by atoms with Crippen LogP contribution in [-0.2, 0) is 20.0 Å². The lowest BCUT2D eigenvalue weighted by molar-refractivity contribution is 0.0992. The summed E-state index contributed by atoms with van der Waals surface area (Å²) in [5, 5.41) is 0.652. The number of carbonyl (C=O) groups excluding carboxylic acids is 1. The molecule has 0 bridgehead atoms. The molecule has 7 nitrogen and oxygen atoms in total. The number of aromatic nitrogens is 3. The second kappa shape index (κ2) is 12.3. The molecule has 0 unspecified atom stereocenters. The molecule has 3 aromatic carbocycles. The van der Waals surface area contributed by atoms with Gasteiger partial charge in [-0.25, -0.2) is 4.98 Å². The van der Waals surface area contributed by atoms with Crippen molar-refractivity contribution in [1.29, 1.82) is 0 Å². The number of likely N-dealkylation sites (N-methyl/N-ethyl adjacent to an activating group) is 1. The topological polar surface area (TPSA) is 63.5 Å². The Kier molecular flexibility index (Phi) is 8.30. The zero-order chi connectivity index (χ0) is 30.1. The second-order valence-corrected chi connectivity index (χ2v) is 12.0. The number of hydrogen-bond donors (Lipinski definition) is 0. The molecule has 0 spiro atoms. The molecule has 2 aromatic heterocycles. The smallest absolute Gasteiger partial charge is 0.247 e. The summed E-state index contributed by atoms with van der Waals surface area (Å²) in [5.41, 5.74) is 7.57. The lowest BCUT2D eigenvalue weighted by Crippen LogP contribution is -2.43. The summed E-state index contributed by atoms with van der Waals surface area (Å²) in [5.74, 6) is 1.72.